The Morgan fingerprint density at radius 3 is 2.62 bits per heavy atom. The first-order chi connectivity index (χ1) is 15.0. The van der Waals surface area contributed by atoms with Crippen molar-refractivity contribution in [2.45, 2.75) is 66.0 Å². The third kappa shape index (κ3) is 6.29. The van der Waals surface area contributed by atoms with Crippen molar-refractivity contribution in [2.75, 3.05) is 5.32 Å². The molecule has 0 bridgehead atoms. The van der Waals surface area contributed by atoms with Crippen molar-refractivity contribution in [1.29, 1.82) is 0 Å². The first kappa shape index (κ1) is 23.7. The molecule has 0 spiro atoms. The number of anilines is 1. The number of nitrogens with zero attached hydrogens (tertiary/aromatic N) is 3. The van der Waals surface area contributed by atoms with Crippen LogP contribution in [0, 0.1) is 6.92 Å². The number of nitrogens with one attached hydrogen (secondary N) is 1. The number of benzene rings is 1. The number of hydrogen-bond donors (Lipinski definition) is 1. The highest BCUT2D eigenvalue weighted by Crippen LogP contribution is 2.29. The largest absolute Gasteiger partial charge is 0.460 e. The Balaban J connectivity index is 1.72. The molecule has 0 atom stereocenters. The van der Waals surface area contributed by atoms with Crippen molar-refractivity contribution < 1.29 is 14.1 Å². The Hall–Kier alpha value is -2.93. The molecular formula is C24H29ClN4O3. The SMILES string of the molecule is Cc1cc(CCC(=O)OC(C)(C)C)ccc1-c1noc(-c2cnc(NC(C)C)c(Cl)c2)n1. The molecule has 0 aliphatic rings. The second-order valence-corrected chi connectivity index (χ2v) is 9.42. The van der Waals surface area contributed by atoms with E-state index in [-0.39, 0.29) is 12.0 Å². The van der Waals surface area contributed by atoms with Crippen molar-refractivity contribution in [2.24, 2.45) is 0 Å². The van der Waals surface area contributed by atoms with Gasteiger partial charge in [0, 0.05) is 24.2 Å². The summed E-state index contributed by atoms with van der Waals surface area (Å²) in [7, 11) is 0. The molecule has 1 aromatic carbocycles. The highest BCUT2D eigenvalue weighted by atomic mass is 35.5. The predicted molar refractivity (Wildman–Crippen MR) is 126 cm³/mol. The van der Waals surface area contributed by atoms with Crippen molar-refractivity contribution in [1.82, 2.24) is 15.1 Å². The zero-order valence-corrected chi connectivity index (χ0v) is 20.1. The topological polar surface area (TPSA) is 90.1 Å². The first-order valence-electron chi connectivity index (χ1n) is 10.6. The Labute approximate surface area is 193 Å². The Bertz CT molecular complexity index is 1100. The van der Waals surface area contributed by atoms with Gasteiger partial charge in [-0.25, -0.2) is 4.98 Å². The van der Waals surface area contributed by atoms with Crippen LogP contribution >= 0.6 is 11.6 Å². The number of aromatic nitrogens is 3. The molecule has 170 valence electrons. The smallest absolute Gasteiger partial charge is 0.306 e. The summed E-state index contributed by atoms with van der Waals surface area (Å²) in [4.78, 5) is 20.8. The minimum Gasteiger partial charge on any atom is -0.460 e. The lowest BCUT2D eigenvalue weighted by molar-refractivity contribution is -0.154. The van der Waals surface area contributed by atoms with E-state index >= 15 is 0 Å². The molecule has 0 aliphatic heterocycles. The number of pyridine rings is 1. The van der Waals surface area contributed by atoms with Crippen molar-refractivity contribution in [3.05, 3.63) is 46.6 Å². The Kier molecular flexibility index (Phi) is 7.19. The summed E-state index contributed by atoms with van der Waals surface area (Å²) >= 11 is 6.33. The van der Waals surface area contributed by atoms with E-state index in [1.54, 1.807) is 12.3 Å². The van der Waals surface area contributed by atoms with Crippen LogP contribution in [-0.2, 0) is 16.0 Å². The zero-order valence-electron chi connectivity index (χ0n) is 19.3. The minimum absolute atomic E-state index is 0.205. The number of rotatable bonds is 7. The van der Waals surface area contributed by atoms with Gasteiger partial charge >= 0.3 is 5.97 Å². The summed E-state index contributed by atoms with van der Waals surface area (Å²) in [6, 6.07) is 7.91. The van der Waals surface area contributed by atoms with Gasteiger partial charge in [0.25, 0.3) is 5.89 Å². The lowest BCUT2D eigenvalue weighted by Gasteiger charge is -2.19. The van der Waals surface area contributed by atoms with Gasteiger partial charge in [0.1, 0.15) is 11.4 Å². The van der Waals surface area contributed by atoms with Crippen LogP contribution in [0.15, 0.2) is 35.0 Å². The molecule has 3 rings (SSSR count). The fraction of sp³-hybridized carbons (Fsp3) is 0.417. The van der Waals surface area contributed by atoms with E-state index in [2.05, 4.69) is 20.4 Å². The van der Waals surface area contributed by atoms with E-state index in [9.17, 15) is 4.79 Å². The number of esters is 1. The molecule has 0 fully saturated rings. The van der Waals surface area contributed by atoms with Crippen molar-refractivity contribution >= 4 is 23.4 Å². The van der Waals surface area contributed by atoms with Crippen LogP contribution in [0.4, 0.5) is 5.82 Å². The van der Waals surface area contributed by atoms with Gasteiger partial charge in [-0.05, 0) is 65.2 Å². The van der Waals surface area contributed by atoms with Gasteiger partial charge in [-0.2, -0.15) is 4.98 Å². The van der Waals surface area contributed by atoms with E-state index in [0.29, 0.717) is 41.0 Å². The monoisotopic (exact) mass is 456 g/mol. The molecule has 3 aromatic rings. The van der Waals surface area contributed by atoms with Gasteiger partial charge in [-0.15, -0.1) is 0 Å². The van der Waals surface area contributed by atoms with Crippen LogP contribution in [0.3, 0.4) is 0 Å². The zero-order chi connectivity index (χ0) is 23.5. The van der Waals surface area contributed by atoms with Gasteiger partial charge in [0.15, 0.2) is 0 Å². The lowest BCUT2D eigenvalue weighted by atomic mass is 10.0. The van der Waals surface area contributed by atoms with Crippen molar-refractivity contribution in [3.8, 4) is 22.8 Å². The summed E-state index contributed by atoms with van der Waals surface area (Å²) in [5, 5.41) is 7.79. The second-order valence-electron chi connectivity index (χ2n) is 9.01. The molecule has 0 aliphatic carbocycles. The molecule has 32 heavy (non-hydrogen) atoms. The maximum absolute atomic E-state index is 12.0. The molecule has 7 nitrogen and oxygen atoms in total. The molecule has 2 heterocycles. The average Bonchev–Trinajstić information content (AvgIpc) is 3.16. The number of halogens is 1. The number of hydrogen-bond acceptors (Lipinski definition) is 7. The molecule has 1 N–H and O–H groups in total. The molecule has 0 saturated heterocycles. The van der Waals surface area contributed by atoms with E-state index in [0.717, 1.165) is 16.7 Å². The van der Waals surface area contributed by atoms with Crippen molar-refractivity contribution in [3.63, 3.8) is 0 Å². The number of ether oxygens (including phenoxy) is 1. The summed E-state index contributed by atoms with van der Waals surface area (Å²) in [6.07, 6.45) is 2.59. The number of carbonyl (C=O) groups is 1. The Morgan fingerprint density at radius 2 is 2.00 bits per heavy atom. The molecule has 0 amide bonds. The number of carbonyl (C=O) groups excluding carboxylic acids is 1. The maximum atomic E-state index is 12.0. The summed E-state index contributed by atoms with van der Waals surface area (Å²) in [5.41, 5.74) is 3.07. The van der Waals surface area contributed by atoms with E-state index in [1.807, 2.05) is 59.7 Å². The van der Waals surface area contributed by atoms with Crippen LogP contribution in [-0.4, -0.2) is 32.7 Å². The standard InChI is InChI=1S/C24H29ClN4O3/c1-14(2)27-22-19(25)12-17(13-26-22)23-28-21(29-32-23)18-9-7-16(11-15(18)3)8-10-20(30)31-24(4,5)6/h7,9,11-14H,8,10H2,1-6H3,(H,26,27). The Morgan fingerprint density at radius 1 is 1.25 bits per heavy atom. The van der Waals surface area contributed by atoms with E-state index in [1.165, 1.54) is 0 Å². The first-order valence-corrected chi connectivity index (χ1v) is 11.0. The van der Waals surface area contributed by atoms with Gasteiger partial charge in [-0.3, -0.25) is 4.79 Å². The maximum Gasteiger partial charge on any atom is 0.306 e. The van der Waals surface area contributed by atoms with Crippen LogP contribution in [0.2, 0.25) is 5.02 Å². The third-order valence-corrected chi connectivity index (χ3v) is 4.80. The van der Waals surface area contributed by atoms with E-state index < -0.39 is 5.60 Å². The molecular weight excluding hydrogens is 428 g/mol. The number of aryl methyl sites for hydroxylation is 2. The quantitative estimate of drug-likeness (QED) is 0.445. The summed E-state index contributed by atoms with van der Waals surface area (Å²) in [6.45, 7) is 11.6. The second kappa shape index (κ2) is 9.69. The van der Waals surface area contributed by atoms with Gasteiger partial charge in [0.05, 0.1) is 10.6 Å². The molecule has 0 unspecified atom stereocenters. The predicted octanol–water partition coefficient (Wildman–Crippen LogP) is 5.86. The molecule has 2 aromatic heterocycles. The van der Waals surface area contributed by atoms with Crippen LogP contribution in [0.25, 0.3) is 22.8 Å². The summed E-state index contributed by atoms with van der Waals surface area (Å²) in [5.74, 6) is 1.24. The van der Waals surface area contributed by atoms with Gasteiger partial charge in [-0.1, -0.05) is 35.0 Å². The fourth-order valence-electron chi connectivity index (χ4n) is 3.16. The minimum atomic E-state index is -0.474. The highest BCUT2D eigenvalue weighted by molar-refractivity contribution is 6.33. The molecule has 0 saturated carbocycles. The van der Waals surface area contributed by atoms with E-state index in [4.69, 9.17) is 20.9 Å². The van der Waals surface area contributed by atoms with Crippen LogP contribution in [0.5, 0.6) is 0 Å². The highest BCUT2D eigenvalue weighted by Gasteiger charge is 2.17. The third-order valence-electron chi connectivity index (χ3n) is 4.51. The lowest BCUT2D eigenvalue weighted by Crippen LogP contribution is -2.24. The van der Waals surface area contributed by atoms with Gasteiger partial charge in [0.2, 0.25) is 5.82 Å². The summed E-state index contributed by atoms with van der Waals surface area (Å²) < 4.78 is 10.8. The normalized spacial score (nSPS) is 11.6. The van der Waals surface area contributed by atoms with Crippen LogP contribution in [0.1, 0.15) is 52.2 Å². The van der Waals surface area contributed by atoms with Crippen LogP contribution < -0.4 is 5.32 Å². The average molecular weight is 457 g/mol. The fourth-order valence-corrected chi connectivity index (χ4v) is 3.38. The van der Waals surface area contributed by atoms with Gasteiger partial charge < -0.3 is 14.6 Å². The molecule has 0 radical (unpaired) electrons. The molecule has 8 heteroatoms.